The number of aromatic nitrogens is 3. The normalized spacial score (nSPS) is 10.3. The molecule has 2 aromatic carbocycles. The minimum Gasteiger partial charge on any atom is -0.465 e. The van der Waals surface area contributed by atoms with Gasteiger partial charge in [-0.05, 0) is 61.4 Å². The zero-order valence-corrected chi connectivity index (χ0v) is 14.8. The molecule has 3 aromatic rings. The van der Waals surface area contributed by atoms with Crippen LogP contribution in [0, 0.1) is 13.8 Å². The SMILES string of the molecule is COC(=O)c1ccc(Nc2nncc(Nc3ccc(C)c(C)c3)n2)cc1. The molecule has 0 fully saturated rings. The van der Waals surface area contributed by atoms with Crippen molar-refractivity contribution in [3.8, 4) is 0 Å². The second kappa shape index (κ2) is 7.60. The number of nitrogens with zero attached hydrogens (tertiary/aromatic N) is 3. The molecule has 26 heavy (non-hydrogen) atoms. The van der Waals surface area contributed by atoms with Gasteiger partial charge in [0.1, 0.15) is 0 Å². The Bertz CT molecular complexity index is 925. The van der Waals surface area contributed by atoms with Crippen molar-refractivity contribution in [1.82, 2.24) is 15.2 Å². The quantitative estimate of drug-likeness (QED) is 0.678. The zero-order chi connectivity index (χ0) is 18.5. The van der Waals surface area contributed by atoms with Gasteiger partial charge in [-0.1, -0.05) is 6.07 Å². The summed E-state index contributed by atoms with van der Waals surface area (Å²) in [5.74, 6) is 0.552. The number of nitrogens with one attached hydrogen (secondary N) is 2. The van der Waals surface area contributed by atoms with Crippen LogP contribution in [0.5, 0.6) is 0 Å². The Morgan fingerprint density at radius 3 is 2.38 bits per heavy atom. The molecular formula is C19H19N5O2. The summed E-state index contributed by atoms with van der Waals surface area (Å²) >= 11 is 0. The molecule has 0 aliphatic carbocycles. The van der Waals surface area contributed by atoms with E-state index in [2.05, 4.69) is 50.5 Å². The van der Waals surface area contributed by atoms with Crippen molar-refractivity contribution in [2.24, 2.45) is 0 Å². The maximum atomic E-state index is 11.5. The number of ether oxygens (including phenoxy) is 1. The van der Waals surface area contributed by atoms with Crippen molar-refractivity contribution >= 4 is 29.1 Å². The molecule has 132 valence electrons. The highest BCUT2D eigenvalue weighted by molar-refractivity contribution is 5.89. The van der Waals surface area contributed by atoms with Crippen LogP contribution in [0.1, 0.15) is 21.5 Å². The summed E-state index contributed by atoms with van der Waals surface area (Å²) in [5.41, 5.74) is 4.57. The molecule has 3 rings (SSSR count). The monoisotopic (exact) mass is 349 g/mol. The van der Waals surface area contributed by atoms with Gasteiger partial charge in [0.25, 0.3) is 0 Å². The topological polar surface area (TPSA) is 89.0 Å². The smallest absolute Gasteiger partial charge is 0.337 e. The summed E-state index contributed by atoms with van der Waals surface area (Å²) < 4.78 is 4.68. The van der Waals surface area contributed by atoms with Gasteiger partial charge in [0.15, 0.2) is 5.82 Å². The van der Waals surface area contributed by atoms with E-state index in [0.717, 1.165) is 11.4 Å². The van der Waals surface area contributed by atoms with Gasteiger partial charge in [-0.3, -0.25) is 0 Å². The molecule has 1 heterocycles. The molecule has 1 aromatic heterocycles. The Labute approximate surface area is 151 Å². The van der Waals surface area contributed by atoms with Crippen molar-refractivity contribution in [3.05, 3.63) is 65.4 Å². The molecule has 0 amide bonds. The standard InChI is InChI=1S/C19H19N5O2/c1-12-4-7-16(10-13(12)2)21-17-11-20-24-19(23-17)22-15-8-5-14(6-9-15)18(25)26-3/h4-11H,1-3H3,(H2,21,22,23,24). The lowest BCUT2D eigenvalue weighted by atomic mass is 10.1. The molecule has 0 saturated heterocycles. The number of aryl methyl sites for hydroxylation is 2. The van der Waals surface area contributed by atoms with Crippen molar-refractivity contribution in [3.63, 3.8) is 0 Å². The average molecular weight is 349 g/mol. The van der Waals surface area contributed by atoms with E-state index in [4.69, 9.17) is 0 Å². The fourth-order valence-corrected chi connectivity index (χ4v) is 2.32. The van der Waals surface area contributed by atoms with Crippen LogP contribution in [0.15, 0.2) is 48.7 Å². The predicted molar refractivity (Wildman–Crippen MR) is 100 cm³/mol. The van der Waals surface area contributed by atoms with Gasteiger partial charge < -0.3 is 15.4 Å². The van der Waals surface area contributed by atoms with Gasteiger partial charge in [0.2, 0.25) is 5.95 Å². The van der Waals surface area contributed by atoms with E-state index in [1.165, 1.54) is 18.2 Å². The van der Waals surface area contributed by atoms with E-state index in [1.807, 2.05) is 12.1 Å². The Hall–Kier alpha value is -3.48. The maximum absolute atomic E-state index is 11.5. The molecule has 0 radical (unpaired) electrons. The highest BCUT2D eigenvalue weighted by Crippen LogP contribution is 2.19. The lowest BCUT2D eigenvalue weighted by Crippen LogP contribution is -2.04. The number of carbonyl (C=O) groups excluding carboxylic acids is 1. The van der Waals surface area contributed by atoms with E-state index >= 15 is 0 Å². The van der Waals surface area contributed by atoms with Crippen LogP contribution in [0.4, 0.5) is 23.1 Å². The fraction of sp³-hybridized carbons (Fsp3) is 0.158. The van der Waals surface area contributed by atoms with Gasteiger partial charge in [-0.25, -0.2) is 4.79 Å². The van der Waals surface area contributed by atoms with Crippen LogP contribution in [-0.2, 0) is 4.74 Å². The largest absolute Gasteiger partial charge is 0.465 e. The Kier molecular flexibility index (Phi) is 5.07. The molecule has 7 nitrogen and oxygen atoms in total. The van der Waals surface area contributed by atoms with Crippen LogP contribution < -0.4 is 10.6 Å². The fourth-order valence-electron chi connectivity index (χ4n) is 2.32. The minimum absolute atomic E-state index is 0.352. The molecule has 0 aliphatic heterocycles. The maximum Gasteiger partial charge on any atom is 0.337 e. The van der Waals surface area contributed by atoms with Crippen molar-refractivity contribution in [2.45, 2.75) is 13.8 Å². The number of esters is 1. The highest BCUT2D eigenvalue weighted by atomic mass is 16.5. The number of hydrogen-bond acceptors (Lipinski definition) is 7. The van der Waals surface area contributed by atoms with E-state index < -0.39 is 0 Å². The molecule has 0 bridgehead atoms. The molecular weight excluding hydrogens is 330 g/mol. The first kappa shape index (κ1) is 17.3. The van der Waals surface area contributed by atoms with E-state index in [9.17, 15) is 4.79 Å². The number of hydrogen-bond donors (Lipinski definition) is 2. The molecule has 7 heteroatoms. The third kappa shape index (κ3) is 4.13. The number of benzene rings is 2. The van der Waals surface area contributed by atoms with E-state index in [1.54, 1.807) is 30.5 Å². The molecule has 0 saturated carbocycles. The third-order valence-electron chi connectivity index (χ3n) is 3.90. The summed E-state index contributed by atoms with van der Waals surface area (Å²) in [4.78, 5) is 15.9. The van der Waals surface area contributed by atoms with Crippen LogP contribution in [-0.4, -0.2) is 28.3 Å². The number of methoxy groups -OCH3 is 1. The first-order chi connectivity index (χ1) is 12.5. The zero-order valence-electron chi connectivity index (χ0n) is 14.8. The summed E-state index contributed by atoms with van der Waals surface area (Å²) in [6, 6.07) is 12.9. The van der Waals surface area contributed by atoms with E-state index in [-0.39, 0.29) is 5.97 Å². The van der Waals surface area contributed by atoms with Crippen molar-refractivity contribution in [1.29, 1.82) is 0 Å². The lowest BCUT2D eigenvalue weighted by molar-refractivity contribution is 0.0601. The first-order valence-electron chi connectivity index (χ1n) is 8.04. The van der Waals surface area contributed by atoms with Crippen LogP contribution in [0.3, 0.4) is 0 Å². The van der Waals surface area contributed by atoms with Gasteiger partial charge >= 0.3 is 5.97 Å². The summed E-state index contributed by atoms with van der Waals surface area (Å²) in [5, 5.41) is 14.2. The van der Waals surface area contributed by atoms with Gasteiger partial charge in [0, 0.05) is 11.4 Å². The summed E-state index contributed by atoms with van der Waals surface area (Å²) in [7, 11) is 1.35. The molecule has 0 unspecified atom stereocenters. The Morgan fingerprint density at radius 2 is 1.69 bits per heavy atom. The van der Waals surface area contributed by atoms with Crippen LogP contribution in [0.25, 0.3) is 0 Å². The number of rotatable bonds is 5. The summed E-state index contributed by atoms with van der Waals surface area (Å²) in [6.07, 6.45) is 1.56. The third-order valence-corrected chi connectivity index (χ3v) is 3.90. The molecule has 0 atom stereocenters. The van der Waals surface area contributed by atoms with Gasteiger partial charge in [-0.2, -0.15) is 10.1 Å². The highest BCUT2D eigenvalue weighted by Gasteiger charge is 2.06. The predicted octanol–water partition coefficient (Wildman–Crippen LogP) is 3.76. The second-order valence-electron chi connectivity index (χ2n) is 5.78. The first-order valence-corrected chi connectivity index (χ1v) is 8.04. The Balaban J connectivity index is 1.72. The van der Waals surface area contributed by atoms with Crippen LogP contribution in [0.2, 0.25) is 0 Å². The van der Waals surface area contributed by atoms with Crippen LogP contribution >= 0.6 is 0 Å². The molecule has 0 spiro atoms. The van der Waals surface area contributed by atoms with Crippen molar-refractivity contribution in [2.75, 3.05) is 17.7 Å². The van der Waals surface area contributed by atoms with E-state index in [0.29, 0.717) is 17.3 Å². The number of carbonyl (C=O) groups is 1. The second-order valence-corrected chi connectivity index (χ2v) is 5.78. The summed E-state index contributed by atoms with van der Waals surface area (Å²) in [6.45, 7) is 4.13. The average Bonchev–Trinajstić information content (AvgIpc) is 2.65. The van der Waals surface area contributed by atoms with Crippen molar-refractivity contribution < 1.29 is 9.53 Å². The molecule has 0 aliphatic rings. The minimum atomic E-state index is -0.381. The number of anilines is 4. The Morgan fingerprint density at radius 1 is 0.962 bits per heavy atom. The van der Waals surface area contributed by atoms with Gasteiger partial charge in [-0.15, -0.1) is 5.10 Å². The lowest BCUT2D eigenvalue weighted by Gasteiger charge is -2.09. The van der Waals surface area contributed by atoms with Gasteiger partial charge in [0.05, 0.1) is 18.9 Å². The molecule has 2 N–H and O–H groups in total.